The maximum absolute atomic E-state index is 12.4. The number of piperidine rings is 1. The van der Waals surface area contributed by atoms with Gasteiger partial charge in [-0.25, -0.2) is 0 Å². The molecule has 1 aliphatic heterocycles. The van der Waals surface area contributed by atoms with Gasteiger partial charge in [-0.15, -0.1) is 0 Å². The molecule has 98 valence electrons. The molecule has 2 rings (SSSR count). The largest absolute Gasteiger partial charge is 0.337 e. The van der Waals surface area contributed by atoms with E-state index in [1.807, 2.05) is 24.3 Å². The van der Waals surface area contributed by atoms with Crippen molar-refractivity contribution in [3.8, 4) is 0 Å². The van der Waals surface area contributed by atoms with Crippen LogP contribution in [0, 0.1) is 0 Å². The fourth-order valence-electron chi connectivity index (χ4n) is 2.78. The number of halogens is 1. The van der Waals surface area contributed by atoms with Gasteiger partial charge in [-0.1, -0.05) is 23.7 Å². The summed E-state index contributed by atoms with van der Waals surface area (Å²) in [6.45, 7) is 4.30. The summed E-state index contributed by atoms with van der Waals surface area (Å²) in [5, 5.41) is 0.714. The molecule has 1 heterocycles. The molecule has 2 nitrogen and oxygen atoms in total. The van der Waals surface area contributed by atoms with E-state index in [0.29, 0.717) is 23.5 Å². The van der Waals surface area contributed by atoms with Crippen molar-refractivity contribution >= 4 is 17.5 Å². The summed E-state index contributed by atoms with van der Waals surface area (Å²) in [5.41, 5.74) is 1.04. The van der Waals surface area contributed by atoms with Gasteiger partial charge >= 0.3 is 0 Å². The molecule has 0 aliphatic carbocycles. The normalized spacial score (nSPS) is 24.1. The van der Waals surface area contributed by atoms with Crippen LogP contribution in [0.5, 0.6) is 0 Å². The van der Waals surface area contributed by atoms with Crippen molar-refractivity contribution in [1.82, 2.24) is 4.90 Å². The molecule has 0 unspecified atom stereocenters. The highest BCUT2D eigenvalue weighted by atomic mass is 35.5. The Kier molecular flexibility index (Phi) is 4.28. The number of carbonyl (C=O) groups excluding carboxylic acids is 1. The second-order valence-electron chi connectivity index (χ2n) is 5.23. The van der Waals surface area contributed by atoms with E-state index in [9.17, 15) is 4.79 Å². The third-order valence-electron chi connectivity index (χ3n) is 3.75. The molecule has 0 radical (unpaired) electrons. The highest BCUT2D eigenvalue weighted by Crippen LogP contribution is 2.23. The highest BCUT2D eigenvalue weighted by molar-refractivity contribution is 6.30. The van der Waals surface area contributed by atoms with E-state index >= 15 is 0 Å². The van der Waals surface area contributed by atoms with Gasteiger partial charge in [0.1, 0.15) is 0 Å². The quantitative estimate of drug-likeness (QED) is 0.799. The van der Waals surface area contributed by atoms with Crippen molar-refractivity contribution in [2.75, 3.05) is 0 Å². The van der Waals surface area contributed by atoms with Crippen molar-refractivity contribution in [2.45, 2.75) is 51.6 Å². The lowest BCUT2D eigenvalue weighted by molar-refractivity contribution is -0.136. The van der Waals surface area contributed by atoms with Crippen LogP contribution in [-0.4, -0.2) is 22.9 Å². The number of rotatable bonds is 2. The summed E-state index contributed by atoms with van der Waals surface area (Å²) in [7, 11) is 0. The molecule has 1 amide bonds. The van der Waals surface area contributed by atoms with Gasteiger partial charge in [0.2, 0.25) is 5.91 Å². The monoisotopic (exact) mass is 265 g/mol. The Hall–Kier alpha value is -1.02. The molecule has 3 heteroatoms. The van der Waals surface area contributed by atoms with Crippen LogP contribution < -0.4 is 0 Å². The zero-order valence-corrected chi connectivity index (χ0v) is 11.8. The van der Waals surface area contributed by atoms with E-state index in [4.69, 9.17) is 11.6 Å². The van der Waals surface area contributed by atoms with Gasteiger partial charge in [-0.3, -0.25) is 4.79 Å². The predicted molar refractivity (Wildman–Crippen MR) is 74.8 cm³/mol. The summed E-state index contributed by atoms with van der Waals surface area (Å²) in [4.78, 5) is 14.4. The molecule has 1 aliphatic rings. The van der Waals surface area contributed by atoms with Gasteiger partial charge in [-0.2, -0.15) is 0 Å². The molecule has 1 saturated heterocycles. The molecule has 0 aromatic heterocycles. The van der Waals surface area contributed by atoms with Crippen molar-refractivity contribution in [3.63, 3.8) is 0 Å². The highest BCUT2D eigenvalue weighted by Gasteiger charge is 2.28. The van der Waals surface area contributed by atoms with E-state index in [-0.39, 0.29) is 5.91 Å². The van der Waals surface area contributed by atoms with Gasteiger partial charge in [0.15, 0.2) is 0 Å². The molecular weight excluding hydrogens is 246 g/mol. The van der Waals surface area contributed by atoms with Gasteiger partial charge in [-0.05, 0) is 50.8 Å². The Morgan fingerprint density at radius 2 is 1.78 bits per heavy atom. The number of likely N-dealkylation sites (tertiary alicyclic amines) is 1. The minimum absolute atomic E-state index is 0.233. The molecule has 1 aromatic carbocycles. The first-order chi connectivity index (χ1) is 8.58. The van der Waals surface area contributed by atoms with Gasteiger partial charge in [0, 0.05) is 17.1 Å². The molecule has 18 heavy (non-hydrogen) atoms. The van der Waals surface area contributed by atoms with Crippen LogP contribution in [0.3, 0.4) is 0 Å². The molecule has 0 bridgehead atoms. The summed E-state index contributed by atoms with van der Waals surface area (Å²) >= 11 is 5.85. The Labute approximate surface area is 114 Å². The lowest BCUT2D eigenvalue weighted by Gasteiger charge is -2.39. The smallest absolute Gasteiger partial charge is 0.227 e. The first kappa shape index (κ1) is 13.4. The minimum Gasteiger partial charge on any atom is -0.337 e. The van der Waals surface area contributed by atoms with Crippen LogP contribution >= 0.6 is 11.6 Å². The Morgan fingerprint density at radius 1 is 1.22 bits per heavy atom. The van der Waals surface area contributed by atoms with E-state index in [1.54, 1.807) is 0 Å². The van der Waals surface area contributed by atoms with Gasteiger partial charge in [0.25, 0.3) is 0 Å². The summed E-state index contributed by atoms with van der Waals surface area (Å²) < 4.78 is 0. The van der Waals surface area contributed by atoms with Crippen LogP contribution in [0.15, 0.2) is 24.3 Å². The number of nitrogens with zero attached hydrogens (tertiary/aromatic N) is 1. The molecular formula is C15H20ClNO. The standard InChI is InChI=1S/C15H20ClNO/c1-11-4-3-5-12(2)17(11)15(18)10-13-6-8-14(16)9-7-13/h6-9,11-12H,3-5,10H2,1-2H3/t11-,12+. The van der Waals surface area contributed by atoms with Crippen LogP contribution in [0.1, 0.15) is 38.7 Å². The van der Waals surface area contributed by atoms with Crippen molar-refractivity contribution < 1.29 is 4.79 Å². The Balaban J connectivity index is 2.04. The van der Waals surface area contributed by atoms with E-state index in [0.717, 1.165) is 18.4 Å². The van der Waals surface area contributed by atoms with Crippen LogP contribution in [0.25, 0.3) is 0 Å². The average molecular weight is 266 g/mol. The zero-order chi connectivity index (χ0) is 13.1. The number of hydrogen-bond acceptors (Lipinski definition) is 1. The molecule has 2 atom stereocenters. The third-order valence-corrected chi connectivity index (χ3v) is 4.00. The average Bonchev–Trinajstić information content (AvgIpc) is 2.32. The maximum Gasteiger partial charge on any atom is 0.227 e. The number of carbonyl (C=O) groups is 1. The maximum atomic E-state index is 12.4. The first-order valence-corrected chi connectivity index (χ1v) is 7.01. The zero-order valence-electron chi connectivity index (χ0n) is 11.0. The van der Waals surface area contributed by atoms with E-state index in [1.165, 1.54) is 6.42 Å². The topological polar surface area (TPSA) is 20.3 Å². The second kappa shape index (κ2) is 5.75. The molecule has 1 aromatic rings. The lowest BCUT2D eigenvalue weighted by Crippen LogP contribution is -2.48. The van der Waals surface area contributed by atoms with Crippen molar-refractivity contribution in [1.29, 1.82) is 0 Å². The van der Waals surface area contributed by atoms with Gasteiger partial charge < -0.3 is 4.90 Å². The van der Waals surface area contributed by atoms with E-state index < -0.39 is 0 Å². The predicted octanol–water partition coefficient (Wildman–Crippen LogP) is 3.67. The molecule has 1 fully saturated rings. The fourth-order valence-corrected chi connectivity index (χ4v) is 2.91. The van der Waals surface area contributed by atoms with E-state index in [2.05, 4.69) is 18.7 Å². The first-order valence-electron chi connectivity index (χ1n) is 6.63. The van der Waals surface area contributed by atoms with Crippen LogP contribution in [0.4, 0.5) is 0 Å². The van der Waals surface area contributed by atoms with Crippen molar-refractivity contribution in [3.05, 3.63) is 34.9 Å². The molecule has 0 spiro atoms. The Morgan fingerprint density at radius 3 is 2.33 bits per heavy atom. The number of amides is 1. The van der Waals surface area contributed by atoms with Gasteiger partial charge in [0.05, 0.1) is 6.42 Å². The SMILES string of the molecule is C[C@@H]1CCC[C@H](C)N1C(=O)Cc1ccc(Cl)cc1. The number of hydrogen-bond donors (Lipinski definition) is 0. The third kappa shape index (κ3) is 3.05. The Bertz CT molecular complexity index is 405. The summed E-state index contributed by atoms with van der Waals surface area (Å²) in [6.07, 6.45) is 3.95. The van der Waals surface area contributed by atoms with Crippen LogP contribution in [-0.2, 0) is 11.2 Å². The van der Waals surface area contributed by atoms with Crippen LogP contribution in [0.2, 0.25) is 5.02 Å². The van der Waals surface area contributed by atoms with Crippen molar-refractivity contribution in [2.24, 2.45) is 0 Å². The second-order valence-corrected chi connectivity index (χ2v) is 5.67. The molecule has 0 N–H and O–H groups in total. The fraction of sp³-hybridized carbons (Fsp3) is 0.533. The number of benzene rings is 1. The minimum atomic E-state index is 0.233. The summed E-state index contributed by atoms with van der Waals surface area (Å²) in [6, 6.07) is 8.28. The lowest BCUT2D eigenvalue weighted by atomic mass is 9.96. The molecule has 0 saturated carbocycles. The summed E-state index contributed by atoms with van der Waals surface area (Å²) in [5.74, 6) is 0.233.